The molecule has 0 radical (unpaired) electrons. The van der Waals surface area contributed by atoms with Gasteiger partial charge in [0.1, 0.15) is 17.2 Å². The zero-order valence-corrected chi connectivity index (χ0v) is 21.3. The normalized spacial score (nSPS) is 16.9. The topological polar surface area (TPSA) is 113 Å². The number of aromatic amines is 1. The molecule has 2 saturated heterocycles. The van der Waals surface area contributed by atoms with Crippen LogP contribution in [0.1, 0.15) is 45.6 Å². The second-order valence-corrected chi connectivity index (χ2v) is 9.46. The third-order valence-corrected chi connectivity index (χ3v) is 7.00. The van der Waals surface area contributed by atoms with Crippen molar-refractivity contribution < 1.29 is 46.4 Å². The molecule has 0 atom stereocenters. The fraction of sp³-hybridized carbons (Fsp3) is 0.480. The van der Waals surface area contributed by atoms with Gasteiger partial charge in [-0.2, -0.15) is 18.0 Å². The number of halogens is 4. The van der Waals surface area contributed by atoms with E-state index in [-0.39, 0.29) is 53.8 Å². The summed E-state index contributed by atoms with van der Waals surface area (Å²) < 4.78 is 58.5. The van der Waals surface area contributed by atoms with Gasteiger partial charge in [0, 0.05) is 43.5 Å². The van der Waals surface area contributed by atoms with Gasteiger partial charge in [0.15, 0.2) is 0 Å². The average Bonchev–Trinajstić information content (AvgIpc) is 2.90. The Bertz CT molecular complexity index is 1350. The van der Waals surface area contributed by atoms with Gasteiger partial charge in [-0.1, -0.05) is 11.2 Å². The first kappa shape index (κ1) is 28.2. The molecule has 2 aliphatic heterocycles. The SMILES string of the molecule is Cc1c(C)c(=O)[nH][n+](OC(=O)C(F)(F)F)c1Cc1ccc(F)c(C(=O)N2CCN(C3CCOCC3)C(=O)C2)c1. The van der Waals surface area contributed by atoms with Crippen molar-refractivity contribution in [2.24, 2.45) is 0 Å². The lowest BCUT2D eigenvalue weighted by Crippen LogP contribution is -2.58. The first-order valence-electron chi connectivity index (χ1n) is 12.3. The van der Waals surface area contributed by atoms with Crippen molar-refractivity contribution in [3.05, 3.63) is 62.3 Å². The molecule has 4 rings (SSSR count). The Labute approximate surface area is 220 Å². The summed E-state index contributed by atoms with van der Waals surface area (Å²) in [6.45, 7) is 4.29. The molecule has 39 heavy (non-hydrogen) atoms. The predicted octanol–water partition coefficient (Wildman–Crippen LogP) is 0.990. The van der Waals surface area contributed by atoms with Gasteiger partial charge >= 0.3 is 17.7 Å². The van der Waals surface area contributed by atoms with Crippen LogP contribution in [0.2, 0.25) is 0 Å². The maximum absolute atomic E-state index is 14.8. The number of carbonyl (C=O) groups is 3. The summed E-state index contributed by atoms with van der Waals surface area (Å²) in [6.07, 6.45) is -4.12. The van der Waals surface area contributed by atoms with E-state index in [0.29, 0.717) is 43.0 Å². The largest absolute Gasteiger partial charge is 0.498 e. The number of rotatable bonds is 5. The second-order valence-electron chi connectivity index (χ2n) is 9.46. The van der Waals surface area contributed by atoms with E-state index in [0.717, 1.165) is 6.07 Å². The molecule has 1 aromatic carbocycles. The lowest BCUT2D eigenvalue weighted by Gasteiger charge is -2.40. The van der Waals surface area contributed by atoms with Crippen LogP contribution in [0.4, 0.5) is 17.6 Å². The van der Waals surface area contributed by atoms with Gasteiger partial charge < -0.3 is 14.5 Å². The molecule has 0 aliphatic carbocycles. The minimum Gasteiger partial charge on any atom is -0.381 e. The Morgan fingerprint density at radius 2 is 1.82 bits per heavy atom. The molecular weight excluding hydrogens is 528 g/mol. The van der Waals surface area contributed by atoms with Gasteiger partial charge in [-0.3, -0.25) is 14.4 Å². The molecule has 14 heteroatoms. The summed E-state index contributed by atoms with van der Waals surface area (Å²) in [5.41, 5.74) is -0.416. The molecular formula is C25H27F4N4O6+. The molecule has 0 spiro atoms. The lowest BCUT2D eigenvalue weighted by molar-refractivity contribution is -0.921. The van der Waals surface area contributed by atoms with Crippen LogP contribution in [0.5, 0.6) is 0 Å². The first-order valence-corrected chi connectivity index (χ1v) is 12.3. The van der Waals surface area contributed by atoms with E-state index in [1.807, 2.05) is 0 Å². The molecule has 3 heterocycles. The smallest absolute Gasteiger partial charge is 0.381 e. The molecule has 1 N–H and O–H groups in total. The molecule has 0 bridgehead atoms. The Morgan fingerprint density at radius 1 is 1.13 bits per heavy atom. The highest BCUT2D eigenvalue weighted by Gasteiger charge is 2.46. The number of nitrogens with one attached hydrogen (secondary N) is 1. The van der Waals surface area contributed by atoms with E-state index in [1.165, 1.54) is 30.9 Å². The van der Waals surface area contributed by atoms with Crippen LogP contribution >= 0.6 is 0 Å². The van der Waals surface area contributed by atoms with Gasteiger partial charge in [0.25, 0.3) is 11.6 Å². The number of hydrogen-bond acceptors (Lipinski definition) is 6. The fourth-order valence-electron chi connectivity index (χ4n) is 4.65. The number of ether oxygens (including phenoxy) is 1. The van der Waals surface area contributed by atoms with Crippen LogP contribution in [0.25, 0.3) is 0 Å². The maximum Gasteiger partial charge on any atom is 0.498 e. The minimum atomic E-state index is -5.32. The van der Waals surface area contributed by atoms with Crippen molar-refractivity contribution in [3.8, 4) is 0 Å². The first-order chi connectivity index (χ1) is 18.4. The van der Waals surface area contributed by atoms with E-state index in [1.54, 1.807) is 4.90 Å². The number of alkyl halides is 3. The predicted molar refractivity (Wildman–Crippen MR) is 125 cm³/mol. The third-order valence-electron chi connectivity index (χ3n) is 7.00. The van der Waals surface area contributed by atoms with E-state index >= 15 is 0 Å². The molecule has 2 fully saturated rings. The Balaban J connectivity index is 1.56. The highest BCUT2D eigenvalue weighted by Crippen LogP contribution is 2.21. The summed E-state index contributed by atoms with van der Waals surface area (Å²) in [5, 5.41) is 2.06. The van der Waals surface area contributed by atoms with Gasteiger partial charge in [-0.25, -0.2) is 9.18 Å². The number of amides is 2. The Hall–Kier alpha value is -3.81. The number of carbonyl (C=O) groups excluding carboxylic acids is 3. The summed E-state index contributed by atoms with van der Waals surface area (Å²) in [7, 11) is 0. The van der Waals surface area contributed by atoms with Crippen molar-refractivity contribution in [1.82, 2.24) is 14.9 Å². The number of H-pyrrole nitrogens is 1. The Morgan fingerprint density at radius 3 is 2.46 bits per heavy atom. The number of nitrogens with zero attached hydrogens (tertiary/aromatic N) is 3. The molecule has 0 unspecified atom stereocenters. The Kier molecular flexibility index (Phi) is 8.04. The van der Waals surface area contributed by atoms with E-state index < -0.39 is 29.4 Å². The zero-order chi connectivity index (χ0) is 28.5. The standard InChI is InChI=1S/C25H26F4N4O6/c1-14-15(2)22(35)30-33(39-24(37)25(27,28)29)20(14)12-16-3-4-19(26)18(11-16)23(36)31-7-8-32(21(34)13-31)17-5-9-38-10-6-17/h3-4,11,17H,5-10,12-13H2,1-2H3/p+1. The van der Waals surface area contributed by atoms with Crippen molar-refractivity contribution >= 4 is 17.8 Å². The van der Waals surface area contributed by atoms with Gasteiger partial charge in [-0.05, 0) is 44.4 Å². The average molecular weight is 556 g/mol. The minimum absolute atomic E-state index is 0.0186. The van der Waals surface area contributed by atoms with E-state index in [4.69, 9.17) is 4.74 Å². The highest BCUT2D eigenvalue weighted by molar-refractivity contribution is 5.97. The number of benzene rings is 1. The second kappa shape index (κ2) is 11.1. The third kappa shape index (κ3) is 6.10. The monoisotopic (exact) mass is 555 g/mol. The van der Waals surface area contributed by atoms with Crippen LogP contribution in [0, 0.1) is 19.7 Å². The van der Waals surface area contributed by atoms with Gasteiger partial charge in [0.2, 0.25) is 5.91 Å². The summed E-state index contributed by atoms with van der Waals surface area (Å²) >= 11 is 0. The van der Waals surface area contributed by atoms with Crippen LogP contribution in [0.3, 0.4) is 0 Å². The van der Waals surface area contributed by atoms with Crippen molar-refractivity contribution in [2.75, 3.05) is 32.8 Å². The maximum atomic E-state index is 14.8. The van der Waals surface area contributed by atoms with E-state index in [9.17, 15) is 36.7 Å². The molecule has 0 saturated carbocycles. The van der Waals surface area contributed by atoms with Crippen molar-refractivity contribution in [3.63, 3.8) is 0 Å². The summed E-state index contributed by atoms with van der Waals surface area (Å²) in [5.74, 6) is -4.34. The molecule has 1 aromatic heterocycles. The number of aromatic nitrogens is 2. The van der Waals surface area contributed by atoms with Crippen LogP contribution < -0.4 is 15.2 Å². The lowest BCUT2D eigenvalue weighted by atomic mass is 10.0. The molecule has 10 nitrogen and oxygen atoms in total. The molecule has 2 amide bonds. The van der Waals surface area contributed by atoms with Crippen LogP contribution in [0.15, 0.2) is 23.0 Å². The van der Waals surface area contributed by atoms with Gasteiger partial charge in [0.05, 0.1) is 12.0 Å². The summed E-state index contributed by atoms with van der Waals surface area (Å²) in [6, 6.07) is 3.60. The summed E-state index contributed by atoms with van der Waals surface area (Å²) in [4.78, 5) is 57.2. The van der Waals surface area contributed by atoms with Crippen LogP contribution in [-0.2, 0) is 20.7 Å². The highest BCUT2D eigenvalue weighted by atomic mass is 19.4. The van der Waals surface area contributed by atoms with Crippen LogP contribution in [-0.4, -0.2) is 77.7 Å². The number of piperazine rings is 1. The zero-order valence-electron chi connectivity index (χ0n) is 21.3. The molecule has 210 valence electrons. The fourth-order valence-corrected chi connectivity index (χ4v) is 4.65. The molecule has 2 aromatic rings. The van der Waals surface area contributed by atoms with Crippen molar-refractivity contribution in [2.45, 2.75) is 45.3 Å². The molecule has 2 aliphatic rings. The quantitative estimate of drug-likeness (QED) is 0.435. The van der Waals surface area contributed by atoms with E-state index in [2.05, 4.69) is 9.94 Å². The van der Waals surface area contributed by atoms with Gasteiger partial charge in [-0.15, -0.1) is 0 Å². The number of hydrogen-bond donors (Lipinski definition) is 1. The van der Waals surface area contributed by atoms with Crippen molar-refractivity contribution in [1.29, 1.82) is 0 Å².